The zero-order chi connectivity index (χ0) is 15.0. The van der Waals surface area contributed by atoms with Crippen LogP contribution in [0.1, 0.15) is 45.1 Å². The molecular weight excluding hydrogens is 250 g/mol. The minimum atomic E-state index is 0.161. The summed E-state index contributed by atoms with van der Waals surface area (Å²) in [5.74, 6) is 0.842. The van der Waals surface area contributed by atoms with Crippen LogP contribution in [0.2, 0.25) is 0 Å². The summed E-state index contributed by atoms with van der Waals surface area (Å²) in [5, 5.41) is 12.0. The van der Waals surface area contributed by atoms with Crippen molar-refractivity contribution in [3.05, 3.63) is 29.8 Å². The molecular formula is C16H27N3O. The van der Waals surface area contributed by atoms with Gasteiger partial charge in [-0.1, -0.05) is 50.4 Å². The average molecular weight is 277 g/mol. The predicted molar refractivity (Wildman–Crippen MR) is 85.5 cm³/mol. The van der Waals surface area contributed by atoms with Gasteiger partial charge in [-0.2, -0.15) is 0 Å². The third-order valence-electron chi connectivity index (χ3n) is 3.77. The van der Waals surface area contributed by atoms with Crippen LogP contribution < -0.4 is 10.6 Å². The van der Waals surface area contributed by atoms with Crippen molar-refractivity contribution in [2.45, 2.75) is 39.5 Å². The van der Waals surface area contributed by atoms with E-state index in [1.807, 2.05) is 24.3 Å². The Morgan fingerprint density at radius 1 is 1.35 bits per heavy atom. The molecule has 0 aliphatic rings. The number of anilines is 1. The summed E-state index contributed by atoms with van der Waals surface area (Å²) in [6.45, 7) is 5.46. The van der Waals surface area contributed by atoms with E-state index in [2.05, 4.69) is 31.0 Å². The van der Waals surface area contributed by atoms with E-state index in [0.717, 1.165) is 17.8 Å². The SMILES string of the molecule is CCCCC(CC)CN(C)c1ccccc1/C(N)=N/O. The van der Waals surface area contributed by atoms with Crippen molar-refractivity contribution in [1.82, 2.24) is 0 Å². The fourth-order valence-corrected chi connectivity index (χ4v) is 2.48. The van der Waals surface area contributed by atoms with Crippen molar-refractivity contribution >= 4 is 11.5 Å². The number of oxime groups is 1. The maximum Gasteiger partial charge on any atom is 0.172 e. The molecule has 20 heavy (non-hydrogen) atoms. The highest BCUT2D eigenvalue weighted by Crippen LogP contribution is 2.22. The first-order chi connectivity index (χ1) is 9.63. The van der Waals surface area contributed by atoms with Crippen LogP contribution in [-0.4, -0.2) is 24.6 Å². The number of para-hydroxylation sites is 1. The molecule has 0 saturated heterocycles. The summed E-state index contributed by atoms with van der Waals surface area (Å²) in [5.41, 5.74) is 7.54. The number of rotatable bonds is 8. The van der Waals surface area contributed by atoms with Gasteiger partial charge in [0, 0.05) is 24.8 Å². The molecule has 0 spiro atoms. The lowest BCUT2D eigenvalue weighted by atomic mass is 9.98. The lowest BCUT2D eigenvalue weighted by molar-refractivity contribution is 0.318. The Morgan fingerprint density at radius 3 is 2.65 bits per heavy atom. The van der Waals surface area contributed by atoms with Gasteiger partial charge < -0.3 is 15.8 Å². The number of nitrogens with zero attached hydrogens (tertiary/aromatic N) is 2. The largest absolute Gasteiger partial charge is 0.409 e. The summed E-state index contributed by atoms with van der Waals surface area (Å²) in [6, 6.07) is 7.78. The molecule has 4 nitrogen and oxygen atoms in total. The molecule has 0 aliphatic heterocycles. The van der Waals surface area contributed by atoms with Gasteiger partial charge in [-0.25, -0.2) is 0 Å². The molecule has 1 aromatic rings. The second-order valence-electron chi connectivity index (χ2n) is 5.30. The lowest BCUT2D eigenvalue weighted by Gasteiger charge is -2.26. The standard InChI is InChI=1S/C16H27N3O/c1-4-6-9-13(5-2)12-19(3)15-11-8-7-10-14(15)16(17)18-20/h7-8,10-11,13,20H,4-6,9,12H2,1-3H3,(H2,17,18). The highest BCUT2D eigenvalue weighted by Gasteiger charge is 2.14. The fourth-order valence-electron chi connectivity index (χ4n) is 2.48. The van der Waals surface area contributed by atoms with Crippen LogP contribution in [0.3, 0.4) is 0 Å². The normalized spacial score (nSPS) is 13.2. The molecule has 0 heterocycles. The molecule has 4 heteroatoms. The molecule has 1 rings (SSSR count). The molecule has 1 atom stereocenters. The molecule has 0 aliphatic carbocycles. The smallest absolute Gasteiger partial charge is 0.172 e. The second kappa shape index (κ2) is 8.46. The number of hydrogen-bond donors (Lipinski definition) is 2. The molecule has 0 radical (unpaired) electrons. The molecule has 1 aromatic carbocycles. The zero-order valence-electron chi connectivity index (χ0n) is 12.8. The van der Waals surface area contributed by atoms with Gasteiger partial charge in [0.05, 0.1) is 0 Å². The van der Waals surface area contributed by atoms with E-state index in [0.29, 0.717) is 5.92 Å². The van der Waals surface area contributed by atoms with Gasteiger partial charge in [0.1, 0.15) is 0 Å². The average Bonchev–Trinajstić information content (AvgIpc) is 2.50. The fraction of sp³-hybridized carbons (Fsp3) is 0.562. The number of nitrogens with two attached hydrogens (primary N) is 1. The van der Waals surface area contributed by atoms with E-state index in [9.17, 15) is 0 Å². The van der Waals surface area contributed by atoms with Gasteiger partial charge >= 0.3 is 0 Å². The van der Waals surface area contributed by atoms with Crippen molar-refractivity contribution in [3.63, 3.8) is 0 Å². The molecule has 0 fully saturated rings. The van der Waals surface area contributed by atoms with Crippen molar-refractivity contribution in [1.29, 1.82) is 0 Å². The Balaban J connectivity index is 2.83. The Bertz CT molecular complexity index is 431. The van der Waals surface area contributed by atoms with Gasteiger partial charge in [0.25, 0.3) is 0 Å². The number of hydrogen-bond acceptors (Lipinski definition) is 3. The van der Waals surface area contributed by atoms with Crippen molar-refractivity contribution < 1.29 is 5.21 Å². The lowest BCUT2D eigenvalue weighted by Crippen LogP contribution is -2.28. The Labute approximate surface area is 122 Å². The van der Waals surface area contributed by atoms with E-state index in [4.69, 9.17) is 10.9 Å². The summed E-state index contributed by atoms with van der Waals surface area (Å²) >= 11 is 0. The van der Waals surface area contributed by atoms with E-state index >= 15 is 0 Å². The maximum absolute atomic E-state index is 8.88. The molecule has 0 bridgehead atoms. The molecule has 112 valence electrons. The predicted octanol–water partition coefficient (Wildman–Crippen LogP) is 3.43. The van der Waals surface area contributed by atoms with Gasteiger partial charge in [-0.05, 0) is 24.5 Å². The van der Waals surface area contributed by atoms with Crippen LogP contribution in [0.25, 0.3) is 0 Å². The van der Waals surface area contributed by atoms with Gasteiger partial charge in [0.2, 0.25) is 0 Å². The van der Waals surface area contributed by atoms with Crippen LogP contribution >= 0.6 is 0 Å². The van der Waals surface area contributed by atoms with E-state index in [-0.39, 0.29) is 5.84 Å². The summed E-state index contributed by atoms with van der Waals surface area (Å²) in [7, 11) is 2.07. The van der Waals surface area contributed by atoms with Crippen LogP contribution in [0.4, 0.5) is 5.69 Å². The maximum atomic E-state index is 8.88. The van der Waals surface area contributed by atoms with Crippen molar-refractivity contribution in [2.75, 3.05) is 18.5 Å². The van der Waals surface area contributed by atoms with Crippen LogP contribution in [-0.2, 0) is 0 Å². The first-order valence-electron chi connectivity index (χ1n) is 7.42. The van der Waals surface area contributed by atoms with E-state index < -0.39 is 0 Å². The highest BCUT2D eigenvalue weighted by atomic mass is 16.4. The van der Waals surface area contributed by atoms with Crippen LogP contribution in [0, 0.1) is 5.92 Å². The van der Waals surface area contributed by atoms with Crippen LogP contribution in [0.15, 0.2) is 29.4 Å². The van der Waals surface area contributed by atoms with Gasteiger partial charge in [-0.3, -0.25) is 0 Å². The molecule has 0 amide bonds. The van der Waals surface area contributed by atoms with Crippen molar-refractivity contribution in [2.24, 2.45) is 16.8 Å². The van der Waals surface area contributed by atoms with E-state index in [1.54, 1.807) is 0 Å². The number of amidine groups is 1. The highest BCUT2D eigenvalue weighted by molar-refractivity contribution is 6.02. The number of benzene rings is 1. The first-order valence-corrected chi connectivity index (χ1v) is 7.42. The van der Waals surface area contributed by atoms with Gasteiger partial charge in [0.15, 0.2) is 5.84 Å². The van der Waals surface area contributed by atoms with E-state index in [1.165, 1.54) is 25.7 Å². The molecule has 1 unspecified atom stereocenters. The Hall–Kier alpha value is -1.71. The van der Waals surface area contributed by atoms with Gasteiger partial charge in [-0.15, -0.1) is 0 Å². The monoisotopic (exact) mass is 277 g/mol. The molecule has 3 N–H and O–H groups in total. The van der Waals surface area contributed by atoms with Crippen LogP contribution in [0.5, 0.6) is 0 Å². The third-order valence-corrected chi connectivity index (χ3v) is 3.77. The molecule has 0 saturated carbocycles. The third kappa shape index (κ3) is 4.44. The summed E-state index contributed by atoms with van der Waals surface area (Å²) in [4.78, 5) is 2.21. The molecule has 0 aromatic heterocycles. The number of unbranched alkanes of at least 4 members (excludes halogenated alkanes) is 1. The Kier molecular flexibility index (Phi) is 6.91. The zero-order valence-corrected chi connectivity index (χ0v) is 12.8. The second-order valence-corrected chi connectivity index (χ2v) is 5.30. The van der Waals surface area contributed by atoms with Crippen molar-refractivity contribution in [3.8, 4) is 0 Å². The first kappa shape index (κ1) is 16.3. The minimum Gasteiger partial charge on any atom is -0.409 e. The topological polar surface area (TPSA) is 61.8 Å². The Morgan fingerprint density at radius 2 is 2.05 bits per heavy atom. The summed E-state index contributed by atoms with van der Waals surface area (Å²) in [6.07, 6.45) is 4.94. The quantitative estimate of drug-likeness (QED) is 0.331. The summed E-state index contributed by atoms with van der Waals surface area (Å²) < 4.78 is 0. The minimum absolute atomic E-state index is 0.161.